The molecule has 134 valence electrons. The van der Waals surface area contributed by atoms with E-state index in [0.29, 0.717) is 6.42 Å². The zero-order valence-corrected chi connectivity index (χ0v) is 15.2. The topological polar surface area (TPSA) is 23.5 Å². The summed E-state index contributed by atoms with van der Waals surface area (Å²) in [5, 5.41) is 11.4. The van der Waals surface area contributed by atoms with Crippen molar-refractivity contribution in [3.05, 3.63) is 65.5 Å². The number of hydrogen-bond acceptors (Lipinski definition) is 2. The Bertz CT molecular complexity index is 715. The van der Waals surface area contributed by atoms with Gasteiger partial charge in [0, 0.05) is 26.2 Å². The first-order valence-corrected chi connectivity index (χ1v) is 9.20. The van der Waals surface area contributed by atoms with Crippen LogP contribution in [0.4, 0.5) is 10.1 Å². The molecule has 25 heavy (non-hydrogen) atoms. The van der Waals surface area contributed by atoms with Crippen molar-refractivity contribution in [3.63, 3.8) is 0 Å². The van der Waals surface area contributed by atoms with Crippen LogP contribution < -0.4 is 4.90 Å². The van der Waals surface area contributed by atoms with Gasteiger partial charge in [0.1, 0.15) is 5.82 Å². The molecule has 2 atom stereocenters. The monoisotopic (exact) mass is 341 g/mol. The molecule has 2 unspecified atom stereocenters. The summed E-state index contributed by atoms with van der Waals surface area (Å²) in [5.41, 5.74) is 2.61. The van der Waals surface area contributed by atoms with E-state index < -0.39 is 5.60 Å². The molecule has 0 aliphatic heterocycles. The van der Waals surface area contributed by atoms with Gasteiger partial charge in [0.25, 0.3) is 0 Å². The van der Waals surface area contributed by atoms with E-state index in [1.807, 2.05) is 6.07 Å². The molecule has 1 aliphatic rings. The standard InChI is InChI=1S/C22H28FNO/c1-24(2)21-12-4-3-9-18(21)15-19-10-5-6-13-22(19,25)16-17-8-7-11-20(23)14-17/h3-4,7-9,11-12,14,19,25H,5-6,10,13,15-16H2,1-2H3. The van der Waals surface area contributed by atoms with Crippen LogP contribution in [0, 0.1) is 11.7 Å². The molecule has 1 aliphatic carbocycles. The largest absolute Gasteiger partial charge is 0.389 e. The van der Waals surface area contributed by atoms with Gasteiger partial charge >= 0.3 is 0 Å². The molecule has 2 aromatic rings. The predicted molar refractivity (Wildman–Crippen MR) is 101 cm³/mol. The van der Waals surface area contributed by atoms with Crippen molar-refractivity contribution in [1.29, 1.82) is 0 Å². The average molecular weight is 341 g/mol. The summed E-state index contributed by atoms with van der Waals surface area (Å²) in [5.74, 6) is -0.0305. The van der Waals surface area contributed by atoms with Crippen LogP contribution in [0.15, 0.2) is 48.5 Å². The third-order valence-corrected chi connectivity index (χ3v) is 5.51. The second kappa shape index (κ2) is 7.57. The third kappa shape index (κ3) is 4.21. The Morgan fingerprint density at radius 1 is 1.12 bits per heavy atom. The zero-order valence-electron chi connectivity index (χ0n) is 15.2. The van der Waals surface area contributed by atoms with Crippen LogP contribution >= 0.6 is 0 Å². The highest BCUT2D eigenvalue weighted by molar-refractivity contribution is 5.52. The van der Waals surface area contributed by atoms with Crippen molar-refractivity contribution in [2.75, 3.05) is 19.0 Å². The highest BCUT2D eigenvalue weighted by Crippen LogP contribution is 2.39. The van der Waals surface area contributed by atoms with Crippen LogP contribution in [0.1, 0.15) is 36.8 Å². The lowest BCUT2D eigenvalue weighted by Crippen LogP contribution is -2.44. The van der Waals surface area contributed by atoms with Gasteiger partial charge in [-0.1, -0.05) is 43.2 Å². The lowest BCUT2D eigenvalue weighted by molar-refractivity contribution is -0.0476. The predicted octanol–water partition coefficient (Wildman–Crippen LogP) is 4.60. The first kappa shape index (κ1) is 17.9. The summed E-state index contributed by atoms with van der Waals surface area (Å²) in [6.45, 7) is 0. The van der Waals surface area contributed by atoms with Gasteiger partial charge in [-0.25, -0.2) is 4.39 Å². The van der Waals surface area contributed by atoms with Crippen LogP contribution in [-0.2, 0) is 12.8 Å². The van der Waals surface area contributed by atoms with Crippen LogP contribution in [0.5, 0.6) is 0 Å². The maximum atomic E-state index is 13.5. The SMILES string of the molecule is CN(C)c1ccccc1CC1CCCCC1(O)Cc1cccc(F)c1. The van der Waals surface area contributed by atoms with E-state index >= 15 is 0 Å². The number of hydrogen-bond donors (Lipinski definition) is 1. The first-order valence-electron chi connectivity index (χ1n) is 9.20. The maximum absolute atomic E-state index is 13.5. The third-order valence-electron chi connectivity index (χ3n) is 5.51. The number of rotatable bonds is 5. The Kier molecular flexibility index (Phi) is 5.43. The smallest absolute Gasteiger partial charge is 0.123 e. The van der Waals surface area contributed by atoms with Gasteiger partial charge < -0.3 is 10.0 Å². The summed E-state index contributed by atoms with van der Waals surface area (Å²) in [4.78, 5) is 2.13. The van der Waals surface area contributed by atoms with Crippen molar-refractivity contribution in [2.24, 2.45) is 5.92 Å². The zero-order chi connectivity index (χ0) is 17.9. The second-order valence-corrected chi connectivity index (χ2v) is 7.58. The summed E-state index contributed by atoms with van der Waals surface area (Å²) < 4.78 is 13.5. The summed E-state index contributed by atoms with van der Waals surface area (Å²) in [7, 11) is 4.11. The van der Waals surface area contributed by atoms with Crippen LogP contribution in [0.25, 0.3) is 0 Å². The maximum Gasteiger partial charge on any atom is 0.123 e. The van der Waals surface area contributed by atoms with E-state index in [-0.39, 0.29) is 11.7 Å². The van der Waals surface area contributed by atoms with Crippen LogP contribution in [0.2, 0.25) is 0 Å². The van der Waals surface area contributed by atoms with Crippen molar-refractivity contribution in [3.8, 4) is 0 Å². The molecule has 0 bridgehead atoms. The number of aliphatic hydroxyl groups is 1. The van der Waals surface area contributed by atoms with Crippen molar-refractivity contribution in [1.82, 2.24) is 0 Å². The molecule has 1 saturated carbocycles. The Labute approximate surface area is 150 Å². The first-order chi connectivity index (χ1) is 12.0. The number of para-hydroxylation sites is 1. The lowest BCUT2D eigenvalue weighted by atomic mass is 9.70. The molecule has 0 saturated heterocycles. The molecular weight excluding hydrogens is 313 g/mol. The second-order valence-electron chi connectivity index (χ2n) is 7.58. The number of nitrogens with zero attached hydrogens (tertiary/aromatic N) is 1. The van der Waals surface area contributed by atoms with E-state index in [9.17, 15) is 9.50 Å². The number of benzene rings is 2. The van der Waals surface area contributed by atoms with E-state index in [2.05, 4.69) is 43.3 Å². The van der Waals surface area contributed by atoms with Crippen molar-refractivity contribution < 1.29 is 9.50 Å². The Morgan fingerprint density at radius 3 is 2.68 bits per heavy atom. The van der Waals surface area contributed by atoms with Gasteiger partial charge in [-0.3, -0.25) is 0 Å². The molecular formula is C22H28FNO. The summed E-state index contributed by atoms with van der Waals surface area (Å²) >= 11 is 0. The Balaban J connectivity index is 1.83. The van der Waals surface area contributed by atoms with Gasteiger partial charge in [0.15, 0.2) is 0 Å². The minimum Gasteiger partial charge on any atom is -0.389 e. The van der Waals surface area contributed by atoms with Gasteiger partial charge in [-0.05, 0) is 54.5 Å². The highest BCUT2D eigenvalue weighted by Gasteiger charge is 2.39. The van der Waals surface area contributed by atoms with E-state index in [1.54, 1.807) is 12.1 Å². The minimum absolute atomic E-state index is 0.200. The quantitative estimate of drug-likeness (QED) is 0.859. The van der Waals surface area contributed by atoms with Crippen molar-refractivity contribution >= 4 is 5.69 Å². The van der Waals surface area contributed by atoms with E-state index in [4.69, 9.17) is 0 Å². The molecule has 0 spiro atoms. The van der Waals surface area contributed by atoms with Crippen LogP contribution in [0.3, 0.4) is 0 Å². The van der Waals surface area contributed by atoms with Crippen LogP contribution in [-0.4, -0.2) is 24.8 Å². The summed E-state index contributed by atoms with van der Waals surface area (Å²) in [6.07, 6.45) is 5.39. The van der Waals surface area contributed by atoms with Gasteiger partial charge in [-0.2, -0.15) is 0 Å². The fourth-order valence-electron chi connectivity index (χ4n) is 4.21. The number of anilines is 1. The molecule has 3 rings (SSSR count). The Morgan fingerprint density at radius 2 is 1.92 bits per heavy atom. The van der Waals surface area contributed by atoms with Gasteiger partial charge in [-0.15, -0.1) is 0 Å². The Hall–Kier alpha value is -1.87. The van der Waals surface area contributed by atoms with E-state index in [0.717, 1.165) is 37.7 Å². The molecule has 0 radical (unpaired) electrons. The molecule has 1 fully saturated rings. The normalized spacial score (nSPS) is 23.4. The average Bonchev–Trinajstić information content (AvgIpc) is 2.57. The lowest BCUT2D eigenvalue weighted by Gasteiger charge is -2.41. The van der Waals surface area contributed by atoms with Gasteiger partial charge in [0.05, 0.1) is 5.60 Å². The molecule has 0 aromatic heterocycles. The minimum atomic E-state index is -0.758. The molecule has 1 N–H and O–H groups in total. The molecule has 2 nitrogen and oxygen atoms in total. The highest BCUT2D eigenvalue weighted by atomic mass is 19.1. The van der Waals surface area contributed by atoms with E-state index in [1.165, 1.54) is 17.3 Å². The fraction of sp³-hybridized carbons (Fsp3) is 0.455. The van der Waals surface area contributed by atoms with Gasteiger partial charge in [0.2, 0.25) is 0 Å². The number of halogens is 1. The molecule has 0 amide bonds. The molecule has 0 heterocycles. The molecule has 3 heteroatoms. The summed E-state index contributed by atoms with van der Waals surface area (Å²) in [6, 6.07) is 15.1. The molecule has 2 aromatic carbocycles. The van der Waals surface area contributed by atoms with Crippen molar-refractivity contribution in [2.45, 2.75) is 44.1 Å². The fourth-order valence-corrected chi connectivity index (χ4v) is 4.21.